The van der Waals surface area contributed by atoms with Gasteiger partial charge in [0.05, 0.1) is 0 Å². The molecule has 0 aliphatic heterocycles. The second-order valence-electron chi connectivity index (χ2n) is 26.2. The van der Waals surface area contributed by atoms with Crippen LogP contribution in [0.15, 0.2) is 46.1 Å². The van der Waals surface area contributed by atoms with Gasteiger partial charge in [-0.05, 0) is 215 Å². The van der Waals surface area contributed by atoms with E-state index >= 15 is 0 Å². The van der Waals surface area contributed by atoms with Crippen LogP contribution in [-0.4, -0.2) is 0 Å². The van der Waals surface area contributed by atoms with Crippen molar-refractivity contribution in [3.05, 3.63) is 46.1 Å². The minimum Gasteiger partial charge on any atom is -0.0842 e. The van der Waals surface area contributed by atoms with Gasteiger partial charge < -0.3 is 0 Å². The van der Waals surface area contributed by atoms with Gasteiger partial charge in [0.2, 0.25) is 0 Å². The molecule has 0 nitrogen and oxygen atoms in total. The van der Waals surface area contributed by atoms with Crippen molar-refractivity contribution in [2.24, 2.45) is 94.7 Å². The summed E-state index contributed by atoms with van der Waals surface area (Å²) in [5.74, 6) is 14.8. The Balaban J connectivity index is 1.06. The monoisotopic (exact) mass is 905 g/mol. The van der Waals surface area contributed by atoms with Gasteiger partial charge in [0.25, 0.3) is 0 Å². The molecule has 4 saturated carbocycles. The standard InChI is InChI=1S/C66H112/c1-10-24-53-39-38-51(44-52(53)12-3)45-56(25-11-2)66-62-34-22-20-32-60(62)65(61-33-21-23-35-63(61)66)55-42-40-54(41-43-55)64-50(9)28-14-13-15-29-57(58-30-18-19-31-59(58)64)49(8)37-36-48(7)47(6)27-17-16-26-46(4)5/h22,34,44,46-50,54-61,63-65H,10-21,23-33,35-43,45H2,1-9H3. The van der Waals surface area contributed by atoms with Gasteiger partial charge >= 0.3 is 0 Å². The van der Waals surface area contributed by atoms with E-state index in [1.807, 2.05) is 11.1 Å². The van der Waals surface area contributed by atoms with Gasteiger partial charge in [0.15, 0.2) is 0 Å². The molecule has 0 heterocycles. The summed E-state index contributed by atoms with van der Waals surface area (Å²) in [6.45, 7) is 22.8. The van der Waals surface area contributed by atoms with Crippen LogP contribution in [0, 0.1) is 94.7 Å². The topological polar surface area (TPSA) is 0 Å². The molecule has 13 atom stereocenters. The van der Waals surface area contributed by atoms with Gasteiger partial charge in [-0.3, -0.25) is 0 Å². The number of hydrogen-bond donors (Lipinski definition) is 0. The highest BCUT2D eigenvalue weighted by Crippen LogP contribution is 2.60. The van der Waals surface area contributed by atoms with E-state index in [0.29, 0.717) is 0 Å². The first-order chi connectivity index (χ1) is 32.1. The predicted octanol–water partition coefficient (Wildman–Crippen LogP) is 21.1. The fourth-order valence-corrected chi connectivity index (χ4v) is 18.0. The van der Waals surface area contributed by atoms with Crippen LogP contribution in [0.4, 0.5) is 0 Å². The van der Waals surface area contributed by atoms with Gasteiger partial charge in [-0.1, -0.05) is 200 Å². The number of hydrogen-bond acceptors (Lipinski definition) is 0. The zero-order chi connectivity index (χ0) is 46.6. The van der Waals surface area contributed by atoms with Crippen LogP contribution in [-0.2, 0) is 0 Å². The lowest BCUT2D eigenvalue weighted by Crippen LogP contribution is -2.46. The van der Waals surface area contributed by atoms with Crippen LogP contribution in [0.5, 0.6) is 0 Å². The molecule has 66 heavy (non-hydrogen) atoms. The van der Waals surface area contributed by atoms with Crippen LogP contribution in [0.25, 0.3) is 0 Å². The van der Waals surface area contributed by atoms with Crippen LogP contribution in [0.2, 0.25) is 0 Å². The Kier molecular flexibility index (Phi) is 21.1. The Labute approximate surface area is 413 Å². The molecule has 0 saturated heterocycles. The lowest BCUT2D eigenvalue weighted by atomic mass is 9.50. The fraction of sp³-hybridized carbons (Fsp3) is 0.879. The highest BCUT2D eigenvalue weighted by atomic mass is 14.6. The summed E-state index contributed by atoms with van der Waals surface area (Å²) >= 11 is 0. The van der Waals surface area contributed by atoms with Gasteiger partial charge in [0.1, 0.15) is 0 Å². The SMILES string of the molecule is CCCC1=C(CC)C=C(CC(CCC)C2=C3C=CCCC3C(C3CCC(C4C(C)CCCCCC(C(C)CCC(C)C(C)CCCCC(C)C)C5CCCCC54)CC3)C3CCCCC23)CC1. The molecule has 0 aromatic carbocycles. The average Bonchev–Trinajstić information content (AvgIpc) is 3.33. The van der Waals surface area contributed by atoms with Crippen molar-refractivity contribution in [3.8, 4) is 0 Å². The highest BCUT2D eigenvalue weighted by molar-refractivity contribution is 5.40. The van der Waals surface area contributed by atoms with E-state index in [1.165, 1.54) is 167 Å². The lowest BCUT2D eigenvalue weighted by Gasteiger charge is -2.54. The smallest absolute Gasteiger partial charge is 0.0126 e. The molecule has 0 heteroatoms. The Morgan fingerprint density at radius 2 is 1.24 bits per heavy atom. The largest absolute Gasteiger partial charge is 0.0842 e. The molecule has 7 aliphatic carbocycles. The summed E-state index contributed by atoms with van der Waals surface area (Å²) in [6, 6.07) is 0. The van der Waals surface area contributed by atoms with Crippen molar-refractivity contribution in [1.29, 1.82) is 0 Å². The Morgan fingerprint density at radius 1 is 0.576 bits per heavy atom. The number of allylic oxidation sites excluding steroid dienone is 8. The maximum atomic E-state index is 2.78. The van der Waals surface area contributed by atoms with E-state index in [4.69, 9.17) is 0 Å². The number of fused-ring (bicyclic) bond motifs is 3. The van der Waals surface area contributed by atoms with Crippen molar-refractivity contribution < 1.29 is 0 Å². The minimum atomic E-state index is 0.773. The molecule has 7 aliphatic rings. The normalized spacial score (nSPS) is 35.4. The summed E-state index contributed by atoms with van der Waals surface area (Å²) in [4.78, 5) is 0. The second kappa shape index (κ2) is 26.4. The molecular weight excluding hydrogens is 793 g/mol. The molecule has 0 N–H and O–H groups in total. The summed E-state index contributed by atoms with van der Waals surface area (Å²) in [5, 5.41) is 0. The Bertz CT molecular complexity index is 1560. The molecule has 0 spiro atoms. The zero-order valence-electron chi connectivity index (χ0n) is 45.8. The summed E-state index contributed by atoms with van der Waals surface area (Å²) in [6.07, 6.45) is 56.2. The highest BCUT2D eigenvalue weighted by Gasteiger charge is 2.50. The second-order valence-corrected chi connectivity index (χ2v) is 26.2. The fourth-order valence-electron chi connectivity index (χ4n) is 18.0. The molecule has 13 unspecified atom stereocenters. The Hall–Kier alpha value is -1.04. The molecule has 4 fully saturated rings. The van der Waals surface area contributed by atoms with E-state index < -0.39 is 0 Å². The van der Waals surface area contributed by atoms with Gasteiger partial charge in [-0.25, -0.2) is 0 Å². The van der Waals surface area contributed by atoms with E-state index in [1.54, 1.807) is 61.7 Å². The maximum absolute atomic E-state index is 2.78. The molecular formula is C66H112. The average molecular weight is 906 g/mol. The first-order valence-corrected chi connectivity index (χ1v) is 30.9. The van der Waals surface area contributed by atoms with Crippen molar-refractivity contribution in [2.45, 2.75) is 274 Å². The lowest BCUT2D eigenvalue weighted by molar-refractivity contribution is -0.0132. The zero-order valence-corrected chi connectivity index (χ0v) is 45.8. The van der Waals surface area contributed by atoms with Crippen molar-refractivity contribution in [2.75, 3.05) is 0 Å². The number of rotatable bonds is 20. The van der Waals surface area contributed by atoms with E-state index in [2.05, 4.69) is 80.5 Å². The molecule has 0 aromatic heterocycles. The van der Waals surface area contributed by atoms with Crippen LogP contribution >= 0.6 is 0 Å². The van der Waals surface area contributed by atoms with Crippen molar-refractivity contribution in [1.82, 2.24) is 0 Å². The van der Waals surface area contributed by atoms with Crippen molar-refractivity contribution in [3.63, 3.8) is 0 Å². The third-order valence-electron chi connectivity index (χ3n) is 21.6. The first kappa shape index (κ1) is 52.8. The van der Waals surface area contributed by atoms with E-state index in [-0.39, 0.29) is 0 Å². The Morgan fingerprint density at radius 3 is 1.97 bits per heavy atom. The van der Waals surface area contributed by atoms with Gasteiger partial charge in [-0.2, -0.15) is 0 Å². The van der Waals surface area contributed by atoms with Gasteiger partial charge in [-0.15, -0.1) is 0 Å². The van der Waals surface area contributed by atoms with Crippen LogP contribution in [0.1, 0.15) is 274 Å². The number of unbranched alkanes of at least 4 members (excludes halogenated alkanes) is 1. The summed E-state index contributed by atoms with van der Waals surface area (Å²) in [7, 11) is 0. The molecule has 0 radical (unpaired) electrons. The quantitative estimate of drug-likeness (QED) is 0.107. The molecule has 0 aromatic rings. The van der Waals surface area contributed by atoms with Crippen LogP contribution in [0.3, 0.4) is 0 Å². The van der Waals surface area contributed by atoms with E-state index in [9.17, 15) is 0 Å². The predicted molar refractivity (Wildman–Crippen MR) is 291 cm³/mol. The molecule has 0 bridgehead atoms. The van der Waals surface area contributed by atoms with Crippen molar-refractivity contribution >= 4 is 0 Å². The van der Waals surface area contributed by atoms with Crippen LogP contribution < -0.4 is 0 Å². The molecule has 376 valence electrons. The maximum Gasteiger partial charge on any atom is -0.0126 e. The summed E-state index contributed by atoms with van der Waals surface area (Å²) < 4.78 is 0. The summed E-state index contributed by atoms with van der Waals surface area (Å²) in [5.41, 5.74) is 9.24. The minimum absolute atomic E-state index is 0.773. The molecule has 0 amide bonds. The van der Waals surface area contributed by atoms with E-state index in [0.717, 1.165) is 94.7 Å². The third-order valence-corrected chi connectivity index (χ3v) is 21.6. The molecule has 7 rings (SSSR count). The van der Waals surface area contributed by atoms with Gasteiger partial charge in [0, 0.05) is 0 Å². The first-order valence-electron chi connectivity index (χ1n) is 30.9. The third kappa shape index (κ3) is 13.3.